The van der Waals surface area contributed by atoms with Crippen molar-refractivity contribution >= 4 is 16.8 Å². The van der Waals surface area contributed by atoms with Gasteiger partial charge >= 0.3 is 18.0 Å². The zero-order chi connectivity index (χ0) is 19.2. The van der Waals surface area contributed by atoms with E-state index in [0.29, 0.717) is 0 Å². The first-order valence-corrected chi connectivity index (χ1v) is 7.46. The molecule has 1 aliphatic heterocycles. The van der Waals surface area contributed by atoms with Crippen LogP contribution < -0.4 is 4.74 Å². The van der Waals surface area contributed by atoms with Crippen LogP contribution in [-0.4, -0.2) is 27.0 Å². The third-order valence-electron chi connectivity index (χ3n) is 2.97. The maximum absolute atomic E-state index is 14.5. The minimum absolute atomic E-state index is 0.0834. The summed E-state index contributed by atoms with van der Waals surface area (Å²) in [6, 6.07) is 0. The third kappa shape index (κ3) is 4.30. The number of hydrogen-bond acceptors (Lipinski definition) is 5. The fourth-order valence-electron chi connectivity index (χ4n) is 2.05. The molecule has 1 aromatic heterocycles. The van der Waals surface area contributed by atoms with Crippen LogP contribution in [0.25, 0.3) is 0 Å². The Hall–Kier alpha value is -1.66. The van der Waals surface area contributed by atoms with Crippen molar-refractivity contribution in [2.75, 3.05) is 0 Å². The zero-order valence-electron chi connectivity index (χ0n) is 13.0. The van der Waals surface area contributed by atoms with Crippen molar-refractivity contribution < 1.29 is 40.3 Å². The van der Waals surface area contributed by atoms with Gasteiger partial charge in [-0.1, -0.05) is 5.16 Å². The van der Waals surface area contributed by atoms with Crippen molar-refractivity contribution in [3.05, 3.63) is 11.3 Å². The minimum atomic E-state index is -5.30. The van der Waals surface area contributed by atoms with Gasteiger partial charge in [0.2, 0.25) is 5.88 Å². The number of aromatic nitrogens is 2. The standard InChI is InChI=1S/C12H12F7N3O2S/c1-10(2)4-5(21-24-10)25-12(18,19)6-7(11(15,16)17)20-22(3)8(6)23-9(13)14/h9H,4H2,1-3H3. The van der Waals surface area contributed by atoms with E-state index in [0.717, 1.165) is 7.05 Å². The molecule has 0 N–H and O–H groups in total. The zero-order valence-corrected chi connectivity index (χ0v) is 13.8. The molecular weight excluding hydrogens is 383 g/mol. The smallest absolute Gasteiger partial charge is 0.417 e. The fourth-order valence-corrected chi connectivity index (χ4v) is 3.12. The summed E-state index contributed by atoms with van der Waals surface area (Å²) in [6.45, 7) is -0.528. The van der Waals surface area contributed by atoms with Crippen molar-refractivity contribution in [3.63, 3.8) is 0 Å². The molecule has 1 aliphatic rings. The van der Waals surface area contributed by atoms with Gasteiger partial charge in [-0.2, -0.15) is 35.8 Å². The monoisotopic (exact) mass is 395 g/mol. The Morgan fingerprint density at radius 3 is 2.28 bits per heavy atom. The Bertz CT molecular complexity index is 685. The first kappa shape index (κ1) is 19.7. The molecule has 0 saturated carbocycles. The van der Waals surface area contributed by atoms with E-state index < -0.39 is 40.8 Å². The maximum atomic E-state index is 14.5. The highest BCUT2D eigenvalue weighted by Crippen LogP contribution is 2.51. The topological polar surface area (TPSA) is 48.6 Å². The summed E-state index contributed by atoms with van der Waals surface area (Å²) in [5, 5.41) is 1.70. The number of thioether (sulfide) groups is 1. The first-order valence-electron chi connectivity index (χ1n) is 6.64. The maximum Gasteiger partial charge on any atom is 0.435 e. The van der Waals surface area contributed by atoms with Crippen molar-refractivity contribution in [1.82, 2.24) is 9.78 Å². The Labute approximate surface area is 141 Å². The molecule has 0 fully saturated rings. The highest BCUT2D eigenvalue weighted by atomic mass is 32.2. The molecule has 0 saturated heterocycles. The van der Waals surface area contributed by atoms with E-state index in [1.54, 1.807) is 13.8 Å². The lowest BCUT2D eigenvalue weighted by molar-refractivity contribution is -0.144. The summed E-state index contributed by atoms with van der Waals surface area (Å²) in [7, 11) is 0.788. The van der Waals surface area contributed by atoms with Gasteiger partial charge in [-0.15, -0.1) is 0 Å². The van der Waals surface area contributed by atoms with Gasteiger partial charge in [0, 0.05) is 13.5 Å². The van der Waals surface area contributed by atoms with Crippen LogP contribution in [0.5, 0.6) is 5.88 Å². The normalized spacial score (nSPS) is 17.6. The SMILES string of the molecule is Cn1nc(C(F)(F)F)c(C(F)(F)SC2=NOC(C)(C)C2)c1OC(F)F. The molecule has 1 aromatic rings. The second kappa shape index (κ2) is 6.25. The first-order chi connectivity index (χ1) is 11.2. The van der Waals surface area contributed by atoms with Crippen LogP contribution in [0.1, 0.15) is 31.5 Å². The summed E-state index contributed by atoms with van der Waals surface area (Å²) in [6.07, 6.45) is -5.38. The van der Waals surface area contributed by atoms with E-state index in [4.69, 9.17) is 4.84 Å². The predicted molar refractivity (Wildman–Crippen MR) is 73.5 cm³/mol. The number of nitrogens with zero attached hydrogens (tertiary/aromatic N) is 3. The fraction of sp³-hybridized carbons (Fsp3) is 0.667. The highest BCUT2D eigenvalue weighted by molar-refractivity contribution is 8.14. The van der Waals surface area contributed by atoms with Crippen molar-refractivity contribution in [2.45, 2.75) is 43.9 Å². The van der Waals surface area contributed by atoms with E-state index in [-0.39, 0.29) is 27.9 Å². The molecule has 13 heteroatoms. The Morgan fingerprint density at radius 2 is 1.84 bits per heavy atom. The molecular formula is C12H12F7N3O2S. The molecule has 5 nitrogen and oxygen atoms in total. The van der Waals surface area contributed by atoms with E-state index in [2.05, 4.69) is 15.0 Å². The van der Waals surface area contributed by atoms with Crippen molar-refractivity contribution in [3.8, 4) is 5.88 Å². The third-order valence-corrected chi connectivity index (χ3v) is 3.89. The summed E-state index contributed by atoms with van der Waals surface area (Å²) in [5.41, 5.74) is -4.70. The molecule has 2 rings (SSSR count). The van der Waals surface area contributed by atoms with Crippen LogP contribution in [0, 0.1) is 0 Å². The molecule has 2 heterocycles. The molecule has 0 aliphatic carbocycles. The minimum Gasteiger partial charge on any atom is -0.417 e. The lowest BCUT2D eigenvalue weighted by atomic mass is 10.1. The summed E-state index contributed by atoms with van der Waals surface area (Å²) < 4.78 is 97.1. The van der Waals surface area contributed by atoms with Gasteiger partial charge in [-0.05, 0) is 25.6 Å². The van der Waals surface area contributed by atoms with E-state index in [1.807, 2.05) is 0 Å². The molecule has 0 unspecified atom stereocenters. The number of halogens is 7. The molecule has 25 heavy (non-hydrogen) atoms. The van der Waals surface area contributed by atoms with Gasteiger partial charge in [0.25, 0.3) is 0 Å². The summed E-state index contributed by atoms with van der Waals surface area (Å²) in [4.78, 5) is 4.87. The number of hydrogen-bond donors (Lipinski definition) is 0. The molecule has 0 atom stereocenters. The average molecular weight is 395 g/mol. The van der Waals surface area contributed by atoms with Crippen molar-refractivity contribution in [2.24, 2.45) is 12.2 Å². The van der Waals surface area contributed by atoms with E-state index in [9.17, 15) is 30.7 Å². The van der Waals surface area contributed by atoms with E-state index in [1.165, 1.54) is 0 Å². The Balaban J connectivity index is 2.47. The Morgan fingerprint density at radius 1 is 1.24 bits per heavy atom. The lowest BCUT2D eigenvalue weighted by Crippen LogP contribution is -2.22. The molecule has 0 amide bonds. The van der Waals surface area contributed by atoms with Gasteiger partial charge in [-0.3, -0.25) is 0 Å². The second-order valence-corrected chi connectivity index (χ2v) is 6.85. The number of oxime groups is 1. The van der Waals surface area contributed by atoms with Crippen molar-refractivity contribution in [1.29, 1.82) is 0 Å². The van der Waals surface area contributed by atoms with Gasteiger partial charge in [0.15, 0.2) is 5.69 Å². The summed E-state index contributed by atoms with van der Waals surface area (Å²) >= 11 is -0.337. The number of alkyl halides is 7. The lowest BCUT2D eigenvalue weighted by Gasteiger charge is -2.18. The highest BCUT2D eigenvalue weighted by Gasteiger charge is 2.51. The van der Waals surface area contributed by atoms with Gasteiger partial charge in [0.05, 0.1) is 0 Å². The average Bonchev–Trinajstić information content (AvgIpc) is 2.89. The molecule has 0 bridgehead atoms. The van der Waals surface area contributed by atoms with Crippen LogP contribution >= 0.6 is 11.8 Å². The second-order valence-electron chi connectivity index (χ2n) is 5.66. The Kier molecular flexibility index (Phi) is 4.92. The van der Waals surface area contributed by atoms with Crippen LogP contribution in [0.3, 0.4) is 0 Å². The van der Waals surface area contributed by atoms with Gasteiger partial charge < -0.3 is 9.57 Å². The number of rotatable bonds is 4. The number of aryl methyl sites for hydroxylation is 1. The molecule has 0 radical (unpaired) electrons. The van der Waals surface area contributed by atoms with Crippen LogP contribution in [0.4, 0.5) is 30.7 Å². The molecule has 142 valence electrons. The molecule has 0 spiro atoms. The van der Waals surface area contributed by atoms with Gasteiger partial charge in [0.1, 0.15) is 16.2 Å². The van der Waals surface area contributed by atoms with E-state index >= 15 is 0 Å². The largest absolute Gasteiger partial charge is 0.435 e. The summed E-state index contributed by atoms with van der Waals surface area (Å²) in [5.74, 6) is -1.38. The molecule has 0 aromatic carbocycles. The van der Waals surface area contributed by atoms with Crippen LogP contribution in [0.2, 0.25) is 0 Å². The predicted octanol–water partition coefficient (Wildman–Crippen LogP) is 4.34. The quantitative estimate of drug-likeness (QED) is 0.712. The van der Waals surface area contributed by atoms with Gasteiger partial charge in [-0.25, -0.2) is 4.68 Å². The number of ether oxygens (including phenoxy) is 1. The van der Waals surface area contributed by atoms with Crippen LogP contribution in [0.15, 0.2) is 5.16 Å². The van der Waals surface area contributed by atoms with Crippen LogP contribution in [-0.2, 0) is 23.3 Å².